The van der Waals surface area contributed by atoms with Crippen molar-refractivity contribution in [3.63, 3.8) is 0 Å². The largest absolute Gasteiger partial charge is 0.497 e. The van der Waals surface area contributed by atoms with Gasteiger partial charge in [-0.15, -0.1) is 0 Å². The van der Waals surface area contributed by atoms with Crippen molar-refractivity contribution in [2.75, 3.05) is 12.4 Å². The van der Waals surface area contributed by atoms with Gasteiger partial charge in [0.2, 0.25) is 0 Å². The first-order valence-electron chi connectivity index (χ1n) is 13.9. The minimum atomic E-state index is -0.202. The van der Waals surface area contributed by atoms with Gasteiger partial charge in [0, 0.05) is 27.8 Å². The van der Waals surface area contributed by atoms with Crippen molar-refractivity contribution < 1.29 is 14.1 Å². The van der Waals surface area contributed by atoms with Gasteiger partial charge in [-0.1, -0.05) is 68.4 Å². The summed E-state index contributed by atoms with van der Waals surface area (Å²) in [5.41, 5.74) is 9.07. The van der Waals surface area contributed by atoms with Crippen molar-refractivity contribution >= 4 is 11.6 Å². The lowest BCUT2D eigenvalue weighted by Gasteiger charge is -2.16. The maximum Gasteiger partial charge on any atom is 0.273 e. The quantitative estimate of drug-likeness (QED) is 0.243. The topological polar surface area (TPSA) is 82.2 Å². The number of hydrogen-bond acceptors (Lipinski definition) is 5. The third kappa shape index (κ3) is 5.15. The molecule has 0 spiro atoms. The third-order valence-electron chi connectivity index (χ3n) is 7.70. The summed E-state index contributed by atoms with van der Waals surface area (Å²) in [5.74, 6) is 1.38. The van der Waals surface area contributed by atoms with Gasteiger partial charge >= 0.3 is 0 Å². The number of carbonyl (C=O) groups excluding carboxylic acids is 1. The number of benzene rings is 3. The number of nitrogens with one attached hydrogen (secondary N) is 1. The van der Waals surface area contributed by atoms with Gasteiger partial charge in [-0.05, 0) is 66.8 Å². The molecular formula is C34H34N4O3. The molecule has 1 N–H and O–H groups in total. The zero-order chi connectivity index (χ0) is 28.7. The average molecular weight is 547 g/mol. The Morgan fingerprint density at radius 1 is 1.02 bits per heavy atom. The number of hydrogen-bond donors (Lipinski definition) is 1. The van der Waals surface area contributed by atoms with E-state index in [9.17, 15) is 4.79 Å². The molecule has 0 unspecified atom stereocenters. The summed E-state index contributed by atoms with van der Waals surface area (Å²) < 4.78 is 13.1. The van der Waals surface area contributed by atoms with E-state index in [1.807, 2.05) is 73.7 Å². The van der Waals surface area contributed by atoms with Gasteiger partial charge in [0.05, 0.1) is 19.3 Å². The molecule has 0 saturated heterocycles. The van der Waals surface area contributed by atoms with Crippen molar-refractivity contribution in [3.05, 3.63) is 106 Å². The Labute approximate surface area is 240 Å². The van der Waals surface area contributed by atoms with Crippen LogP contribution in [-0.4, -0.2) is 28.0 Å². The SMILES string of the molecule is COc1ccc2c(c1)CCc1c-2noc1-c1ccc(C)c(NC(=O)c2cc(C(C)(C)C)nn2Cc2ccccc2)c1. The van der Waals surface area contributed by atoms with Gasteiger partial charge in [0.25, 0.3) is 5.91 Å². The number of aryl methyl sites for hydroxylation is 2. The van der Waals surface area contributed by atoms with E-state index >= 15 is 0 Å². The van der Waals surface area contributed by atoms with E-state index in [-0.39, 0.29) is 11.3 Å². The summed E-state index contributed by atoms with van der Waals surface area (Å²) in [5, 5.41) is 12.4. The summed E-state index contributed by atoms with van der Waals surface area (Å²) in [4.78, 5) is 13.7. The minimum absolute atomic E-state index is 0.193. The Kier molecular flexibility index (Phi) is 6.73. The van der Waals surface area contributed by atoms with Gasteiger partial charge in [-0.3, -0.25) is 9.48 Å². The maximum absolute atomic E-state index is 13.7. The highest BCUT2D eigenvalue weighted by atomic mass is 16.5. The summed E-state index contributed by atoms with van der Waals surface area (Å²) >= 11 is 0. The van der Waals surface area contributed by atoms with E-state index in [2.05, 4.69) is 37.3 Å². The number of methoxy groups -OCH3 is 1. The highest BCUT2D eigenvalue weighted by Crippen LogP contribution is 2.40. The van der Waals surface area contributed by atoms with E-state index in [0.717, 1.165) is 69.2 Å². The summed E-state index contributed by atoms with van der Waals surface area (Å²) in [6, 6.07) is 24.0. The van der Waals surface area contributed by atoms with Crippen LogP contribution in [0.1, 0.15) is 59.2 Å². The van der Waals surface area contributed by atoms with E-state index in [4.69, 9.17) is 14.4 Å². The predicted molar refractivity (Wildman–Crippen MR) is 160 cm³/mol. The van der Waals surface area contributed by atoms with Crippen LogP contribution in [0.3, 0.4) is 0 Å². The van der Waals surface area contributed by atoms with Crippen molar-refractivity contribution in [1.82, 2.24) is 14.9 Å². The molecule has 3 aromatic carbocycles. The van der Waals surface area contributed by atoms with Gasteiger partial charge < -0.3 is 14.6 Å². The zero-order valence-electron chi connectivity index (χ0n) is 24.1. The van der Waals surface area contributed by atoms with Crippen molar-refractivity contribution in [2.45, 2.75) is 52.5 Å². The fourth-order valence-corrected chi connectivity index (χ4v) is 5.30. The standard InChI is InChI=1S/C34H34N4O3/c1-21-11-12-24(32-27-15-13-23-17-25(40-5)14-16-26(23)31(27)37-41-32)18-28(21)35-33(39)29-19-30(34(2,3)4)36-38(29)20-22-9-7-6-8-10-22/h6-12,14,16-19H,13,15,20H2,1-5H3,(H,35,39). The molecule has 7 nitrogen and oxygen atoms in total. The van der Waals surface area contributed by atoms with Crippen molar-refractivity contribution in [3.8, 4) is 28.3 Å². The number of ether oxygens (including phenoxy) is 1. The molecule has 1 amide bonds. The molecule has 7 heteroatoms. The molecule has 2 heterocycles. The fourth-order valence-electron chi connectivity index (χ4n) is 5.30. The van der Waals surface area contributed by atoms with Crippen molar-refractivity contribution in [2.24, 2.45) is 0 Å². The summed E-state index contributed by atoms with van der Waals surface area (Å²) in [6.45, 7) is 8.80. The lowest BCUT2D eigenvalue weighted by Crippen LogP contribution is -2.19. The molecule has 0 bridgehead atoms. The van der Waals surface area contributed by atoms with E-state index in [1.165, 1.54) is 5.56 Å². The molecule has 1 aliphatic rings. The highest BCUT2D eigenvalue weighted by molar-refractivity contribution is 6.04. The molecule has 41 heavy (non-hydrogen) atoms. The lowest BCUT2D eigenvalue weighted by molar-refractivity contribution is 0.101. The number of carbonyl (C=O) groups is 1. The second-order valence-electron chi connectivity index (χ2n) is 11.7. The fraction of sp³-hybridized carbons (Fsp3) is 0.265. The van der Waals surface area contributed by atoms with Crippen LogP contribution >= 0.6 is 0 Å². The smallest absolute Gasteiger partial charge is 0.273 e. The van der Waals surface area contributed by atoms with Crippen molar-refractivity contribution in [1.29, 1.82) is 0 Å². The Morgan fingerprint density at radius 3 is 2.59 bits per heavy atom. The first-order chi connectivity index (χ1) is 19.7. The molecule has 0 radical (unpaired) electrons. The number of aromatic nitrogens is 3. The normalized spacial score (nSPS) is 12.5. The number of anilines is 1. The molecule has 2 aromatic heterocycles. The minimum Gasteiger partial charge on any atom is -0.497 e. The van der Waals surface area contributed by atoms with Crippen LogP contribution in [-0.2, 0) is 24.8 Å². The number of rotatable bonds is 6. The molecule has 0 fully saturated rings. The van der Waals surface area contributed by atoms with E-state index in [1.54, 1.807) is 11.8 Å². The van der Waals surface area contributed by atoms with Crippen LogP contribution in [0.5, 0.6) is 5.75 Å². The monoisotopic (exact) mass is 546 g/mol. The Balaban J connectivity index is 1.31. The van der Waals surface area contributed by atoms with Crippen LogP contribution in [0.15, 0.2) is 77.3 Å². The molecule has 0 atom stereocenters. The van der Waals surface area contributed by atoms with Crippen LogP contribution in [0.25, 0.3) is 22.6 Å². The molecule has 5 aromatic rings. The van der Waals surface area contributed by atoms with Crippen LogP contribution in [0.4, 0.5) is 5.69 Å². The van der Waals surface area contributed by atoms with Crippen LogP contribution in [0.2, 0.25) is 0 Å². The first kappa shape index (κ1) is 26.6. The van der Waals surface area contributed by atoms with Gasteiger partial charge in [-0.25, -0.2) is 0 Å². The molecule has 1 aliphatic carbocycles. The first-order valence-corrected chi connectivity index (χ1v) is 13.9. The average Bonchev–Trinajstić information content (AvgIpc) is 3.59. The Bertz CT molecular complexity index is 1740. The molecule has 6 rings (SSSR count). The lowest BCUT2D eigenvalue weighted by atomic mass is 9.88. The third-order valence-corrected chi connectivity index (χ3v) is 7.70. The van der Waals surface area contributed by atoms with E-state index < -0.39 is 0 Å². The maximum atomic E-state index is 13.7. The van der Waals surface area contributed by atoms with E-state index in [0.29, 0.717) is 12.2 Å². The van der Waals surface area contributed by atoms with Crippen LogP contribution in [0, 0.1) is 6.92 Å². The number of nitrogens with zero attached hydrogens (tertiary/aromatic N) is 3. The second-order valence-corrected chi connectivity index (χ2v) is 11.7. The molecule has 0 aliphatic heterocycles. The van der Waals surface area contributed by atoms with Gasteiger partial charge in [0.15, 0.2) is 5.76 Å². The van der Waals surface area contributed by atoms with Crippen LogP contribution < -0.4 is 10.1 Å². The molecule has 0 saturated carbocycles. The van der Waals surface area contributed by atoms with Gasteiger partial charge in [-0.2, -0.15) is 5.10 Å². The zero-order valence-corrected chi connectivity index (χ0v) is 24.1. The number of amides is 1. The van der Waals surface area contributed by atoms with Gasteiger partial charge in [0.1, 0.15) is 17.1 Å². The highest BCUT2D eigenvalue weighted by Gasteiger charge is 2.27. The summed E-state index contributed by atoms with van der Waals surface area (Å²) in [6.07, 6.45) is 1.70. The Morgan fingerprint density at radius 2 is 1.83 bits per heavy atom. The molecular weight excluding hydrogens is 512 g/mol. The predicted octanol–water partition coefficient (Wildman–Crippen LogP) is 7.22. The second kappa shape index (κ2) is 10.4. The number of fused-ring (bicyclic) bond motifs is 3. The molecule has 208 valence electrons. The Hall–Kier alpha value is -4.65. The summed E-state index contributed by atoms with van der Waals surface area (Å²) in [7, 11) is 1.68.